The number of rotatable bonds is 2. The van der Waals surface area contributed by atoms with E-state index in [1.807, 2.05) is 6.92 Å². The maximum absolute atomic E-state index is 5.98. The summed E-state index contributed by atoms with van der Waals surface area (Å²) in [6.45, 7) is 5.48. The van der Waals surface area contributed by atoms with E-state index >= 15 is 0 Å². The van der Waals surface area contributed by atoms with Crippen LogP contribution in [0.1, 0.15) is 42.8 Å². The quantitative estimate of drug-likeness (QED) is 0.837. The Morgan fingerprint density at radius 3 is 2.73 bits per heavy atom. The lowest BCUT2D eigenvalue weighted by molar-refractivity contribution is -0.0544. The van der Waals surface area contributed by atoms with Crippen molar-refractivity contribution in [3.8, 4) is 0 Å². The Hall–Kier alpha value is -1.20. The number of aryl methyl sites for hydroxylation is 2. The largest absolute Gasteiger partial charge is 0.375 e. The van der Waals surface area contributed by atoms with Crippen LogP contribution in [0.25, 0.3) is 0 Å². The molecule has 0 bridgehead atoms. The van der Waals surface area contributed by atoms with Gasteiger partial charge >= 0.3 is 0 Å². The Bertz CT molecular complexity index is 543. The molecule has 0 N–H and O–H groups in total. The van der Waals surface area contributed by atoms with Crippen molar-refractivity contribution in [2.24, 2.45) is 0 Å². The standard InChI is InChI=1S/C17H25N3O2/c1-12-18-14-6-3-2-5-13(14)17(19-12)20-8-10-22-16(11-20)15-7-4-9-21-15/h15-16H,2-11H2,1H3. The number of fused-ring (bicyclic) bond motifs is 1. The molecule has 5 nitrogen and oxygen atoms in total. The lowest BCUT2D eigenvalue weighted by Crippen LogP contribution is -2.48. The summed E-state index contributed by atoms with van der Waals surface area (Å²) in [6.07, 6.45) is 7.47. The van der Waals surface area contributed by atoms with Crippen LogP contribution < -0.4 is 4.90 Å². The number of aromatic nitrogens is 2. The van der Waals surface area contributed by atoms with E-state index in [0.717, 1.165) is 63.6 Å². The summed E-state index contributed by atoms with van der Waals surface area (Å²) in [7, 11) is 0. The Labute approximate surface area is 132 Å². The van der Waals surface area contributed by atoms with E-state index in [0.29, 0.717) is 0 Å². The minimum atomic E-state index is 0.186. The van der Waals surface area contributed by atoms with Gasteiger partial charge in [0.05, 0.1) is 12.7 Å². The van der Waals surface area contributed by atoms with Gasteiger partial charge in [-0.25, -0.2) is 9.97 Å². The molecule has 4 rings (SSSR count). The van der Waals surface area contributed by atoms with E-state index in [1.54, 1.807) is 0 Å². The lowest BCUT2D eigenvalue weighted by atomic mass is 9.95. The molecule has 3 aliphatic rings. The molecule has 0 amide bonds. The van der Waals surface area contributed by atoms with Gasteiger partial charge in [-0.15, -0.1) is 0 Å². The van der Waals surface area contributed by atoms with Crippen LogP contribution in [0.3, 0.4) is 0 Å². The zero-order valence-electron chi connectivity index (χ0n) is 13.4. The van der Waals surface area contributed by atoms with Crippen LogP contribution in [-0.2, 0) is 22.3 Å². The molecule has 2 unspecified atom stereocenters. The summed E-state index contributed by atoms with van der Waals surface area (Å²) in [5, 5.41) is 0. The highest BCUT2D eigenvalue weighted by atomic mass is 16.5. The summed E-state index contributed by atoms with van der Waals surface area (Å²) in [5.41, 5.74) is 2.65. The molecule has 3 heterocycles. The van der Waals surface area contributed by atoms with Crippen LogP contribution in [0.5, 0.6) is 0 Å². The third-order valence-electron chi connectivity index (χ3n) is 5.05. The van der Waals surface area contributed by atoms with Crippen molar-refractivity contribution in [2.75, 3.05) is 31.2 Å². The van der Waals surface area contributed by atoms with E-state index in [9.17, 15) is 0 Å². The molecule has 0 radical (unpaired) electrons. The minimum absolute atomic E-state index is 0.186. The molecule has 2 atom stereocenters. The van der Waals surface area contributed by atoms with Gasteiger partial charge in [0.25, 0.3) is 0 Å². The molecular formula is C17H25N3O2. The van der Waals surface area contributed by atoms with Crippen molar-refractivity contribution >= 4 is 5.82 Å². The van der Waals surface area contributed by atoms with Gasteiger partial charge in [0.2, 0.25) is 0 Å². The molecule has 2 aliphatic heterocycles. The average molecular weight is 303 g/mol. The van der Waals surface area contributed by atoms with Crippen LogP contribution >= 0.6 is 0 Å². The molecule has 22 heavy (non-hydrogen) atoms. The molecular weight excluding hydrogens is 278 g/mol. The van der Waals surface area contributed by atoms with Gasteiger partial charge in [0, 0.05) is 31.0 Å². The van der Waals surface area contributed by atoms with Crippen molar-refractivity contribution in [1.29, 1.82) is 0 Å². The average Bonchev–Trinajstić information content (AvgIpc) is 3.09. The van der Waals surface area contributed by atoms with Gasteiger partial charge in [-0.1, -0.05) is 0 Å². The maximum Gasteiger partial charge on any atom is 0.135 e. The Morgan fingerprint density at radius 1 is 1.00 bits per heavy atom. The summed E-state index contributed by atoms with van der Waals surface area (Å²) in [6, 6.07) is 0. The first-order chi connectivity index (χ1) is 10.8. The highest BCUT2D eigenvalue weighted by Gasteiger charge is 2.33. The summed E-state index contributed by atoms with van der Waals surface area (Å²) >= 11 is 0. The van der Waals surface area contributed by atoms with Crippen LogP contribution in [-0.4, -0.2) is 48.5 Å². The molecule has 2 saturated heterocycles. The minimum Gasteiger partial charge on any atom is -0.375 e. The van der Waals surface area contributed by atoms with E-state index in [-0.39, 0.29) is 12.2 Å². The zero-order chi connectivity index (χ0) is 14.9. The monoisotopic (exact) mass is 303 g/mol. The van der Waals surface area contributed by atoms with Gasteiger partial charge < -0.3 is 14.4 Å². The number of morpholine rings is 1. The first-order valence-electron chi connectivity index (χ1n) is 8.66. The second-order valence-corrected chi connectivity index (χ2v) is 6.63. The van der Waals surface area contributed by atoms with Crippen LogP contribution in [0.15, 0.2) is 0 Å². The maximum atomic E-state index is 5.98. The number of hydrogen-bond acceptors (Lipinski definition) is 5. The van der Waals surface area contributed by atoms with Crippen LogP contribution in [0.2, 0.25) is 0 Å². The number of hydrogen-bond donors (Lipinski definition) is 0. The fraction of sp³-hybridized carbons (Fsp3) is 0.765. The summed E-state index contributed by atoms with van der Waals surface area (Å²) < 4.78 is 11.8. The van der Waals surface area contributed by atoms with Crippen molar-refractivity contribution in [3.05, 3.63) is 17.1 Å². The lowest BCUT2D eigenvalue weighted by Gasteiger charge is -2.37. The number of ether oxygens (including phenoxy) is 2. The fourth-order valence-electron chi connectivity index (χ4n) is 3.94. The third-order valence-corrected chi connectivity index (χ3v) is 5.05. The third kappa shape index (κ3) is 2.72. The molecule has 120 valence electrons. The Morgan fingerprint density at radius 2 is 1.86 bits per heavy atom. The molecule has 1 aliphatic carbocycles. The first-order valence-corrected chi connectivity index (χ1v) is 8.66. The van der Waals surface area contributed by atoms with Crippen molar-refractivity contribution in [3.63, 3.8) is 0 Å². The predicted molar refractivity (Wildman–Crippen MR) is 84.3 cm³/mol. The fourth-order valence-corrected chi connectivity index (χ4v) is 3.94. The topological polar surface area (TPSA) is 47.5 Å². The molecule has 2 fully saturated rings. The molecule has 1 aromatic rings. The molecule has 0 spiro atoms. The van der Waals surface area contributed by atoms with Gasteiger partial charge in [-0.2, -0.15) is 0 Å². The predicted octanol–water partition coefficient (Wildman–Crippen LogP) is 2.05. The van der Waals surface area contributed by atoms with E-state index in [2.05, 4.69) is 9.88 Å². The van der Waals surface area contributed by atoms with Crippen molar-refractivity contribution in [1.82, 2.24) is 9.97 Å². The van der Waals surface area contributed by atoms with Gasteiger partial charge in [-0.05, 0) is 45.4 Å². The molecule has 0 aromatic carbocycles. The smallest absolute Gasteiger partial charge is 0.135 e. The number of nitrogens with zero attached hydrogens (tertiary/aromatic N) is 3. The van der Waals surface area contributed by atoms with E-state index < -0.39 is 0 Å². The van der Waals surface area contributed by atoms with Crippen molar-refractivity contribution in [2.45, 2.75) is 57.7 Å². The first kappa shape index (κ1) is 14.4. The molecule has 1 aromatic heterocycles. The number of anilines is 1. The molecule has 0 saturated carbocycles. The van der Waals surface area contributed by atoms with Crippen LogP contribution in [0.4, 0.5) is 5.82 Å². The molecule has 5 heteroatoms. The van der Waals surface area contributed by atoms with Gasteiger partial charge in [-0.3, -0.25) is 0 Å². The zero-order valence-corrected chi connectivity index (χ0v) is 13.4. The Balaban J connectivity index is 1.59. The summed E-state index contributed by atoms with van der Waals surface area (Å²) in [5.74, 6) is 2.06. The Kier molecular flexibility index (Phi) is 4.01. The van der Waals surface area contributed by atoms with E-state index in [1.165, 1.54) is 24.1 Å². The highest BCUT2D eigenvalue weighted by Crippen LogP contribution is 2.30. The summed E-state index contributed by atoms with van der Waals surface area (Å²) in [4.78, 5) is 11.9. The highest BCUT2D eigenvalue weighted by molar-refractivity contribution is 5.50. The SMILES string of the molecule is Cc1nc2c(c(N3CCOC(C4CCCO4)C3)n1)CCCC2. The van der Waals surface area contributed by atoms with Gasteiger partial charge in [0.15, 0.2) is 0 Å². The van der Waals surface area contributed by atoms with Gasteiger partial charge in [0.1, 0.15) is 17.7 Å². The second-order valence-electron chi connectivity index (χ2n) is 6.63. The van der Waals surface area contributed by atoms with E-state index in [4.69, 9.17) is 14.5 Å². The normalized spacial score (nSPS) is 28.7. The second kappa shape index (κ2) is 6.13. The van der Waals surface area contributed by atoms with Crippen LogP contribution in [0, 0.1) is 6.92 Å². The van der Waals surface area contributed by atoms with Crippen molar-refractivity contribution < 1.29 is 9.47 Å².